The van der Waals surface area contributed by atoms with Gasteiger partial charge in [0.15, 0.2) is 5.96 Å². The van der Waals surface area contributed by atoms with Crippen LogP contribution in [0, 0.1) is 18.3 Å². The van der Waals surface area contributed by atoms with E-state index >= 15 is 0 Å². The standard InChI is InChI=1S/C18H19N5O/c1-5-13-7-6-8-15(9-13)23-11-14(10-20-23)18(3)12(2)16(24)22(4)17(19)21-18/h1,6-12H,2-4H3,(H2,19,21)/t12?,18-/m0/s1. The lowest BCUT2D eigenvalue weighted by Gasteiger charge is -2.37. The maximum atomic E-state index is 12.4. The van der Waals surface area contributed by atoms with Crippen LogP contribution in [0.2, 0.25) is 0 Å². The van der Waals surface area contributed by atoms with Gasteiger partial charge in [-0.05, 0) is 25.1 Å². The Kier molecular flexibility index (Phi) is 3.64. The summed E-state index contributed by atoms with van der Waals surface area (Å²) in [5.74, 6) is 2.41. The Morgan fingerprint density at radius 3 is 2.88 bits per heavy atom. The number of hydrogen-bond donors (Lipinski definition) is 1. The zero-order valence-corrected chi connectivity index (χ0v) is 13.9. The summed E-state index contributed by atoms with van der Waals surface area (Å²) >= 11 is 0. The first-order chi connectivity index (χ1) is 11.4. The second-order valence-electron chi connectivity index (χ2n) is 6.10. The minimum Gasteiger partial charge on any atom is -0.369 e. The molecule has 24 heavy (non-hydrogen) atoms. The molecule has 122 valence electrons. The van der Waals surface area contributed by atoms with Crippen LogP contribution in [0.5, 0.6) is 0 Å². The molecule has 0 saturated heterocycles. The molecule has 1 aromatic carbocycles. The van der Waals surface area contributed by atoms with Crippen LogP contribution in [-0.4, -0.2) is 33.6 Å². The lowest BCUT2D eigenvalue weighted by Crippen LogP contribution is -2.52. The van der Waals surface area contributed by atoms with Gasteiger partial charge in [0.05, 0.1) is 17.8 Å². The number of rotatable bonds is 2. The summed E-state index contributed by atoms with van der Waals surface area (Å²) in [5.41, 5.74) is 7.61. The largest absolute Gasteiger partial charge is 0.369 e. The zero-order chi connectivity index (χ0) is 17.5. The quantitative estimate of drug-likeness (QED) is 0.852. The third-order valence-electron chi connectivity index (χ3n) is 4.68. The van der Waals surface area contributed by atoms with Gasteiger partial charge in [-0.3, -0.25) is 9.69 Å². The van der Waals surface area contributed by atoms with Gasteiger partial charge in [-0.15, -0.1) is 6.42 Å². The molecule has 2 N–H and O–H groups in total. The van der Waals surface area contributed by atoms with E-state index in [1.54, 1.807) is 17.9 Å². The molecule has 3 rings (SSSR count). The molecule has 1 aliphatic rings. The van der Waals surface area contributed by atoms with Crippen LogP contribution in [0.25, 0.3) is 5.69 Å². The molecular weight excluding hydrogens is 302 g/mol. The number of aromatic nitrogens is 2. The SMILES string of the molecule is C#Cc1cccc(-n2cc([C@@]3(C)N=C(N)N(C)C(=O)C3C)cn2)c1. The van der Waals surface area contributed by atoms with E-state index in [1.807, 2.05) is 44.3 Å². The van der Waals surface area contributed by atoms with Crippen molar-refractivity contribution in [3.8, 4) is 18.0 Å². The Hall–Kier alpha value is -3.07. The van der Waals surface area contributed by atoms with E-state index in [0.29, 0.717) is 0 Å². The molecule has 6 heteroatoms. The molecule has 1 unspecified atom stereocenters. The molecule has 6 nitrogen and oxygen atoms in total. The lowest BCUT2D eigenvalue weighted by atomic mass is 9.81. The van der Waals surface area contributed by atoms with Gasteiger partial charge >= 0.3 is 0 Å². The van der Waals surface area contributed by atoms with Gasteiger partial charge in [-0.25, -0.2) is 9.67 Å². The van der Waals surface area contributed by atoms with Crippen molar-refractivity contribution in [1.82, 2.24) is 14.7 Å². The molecule has 2 heterocycles. The lowest BCUT2D eigenvalue weighted by molar-refractivity contribution is -0.133. The summed E-state index contributed by atoms with van der Waals surface area (Å²) in [6.07, 6.45) is 9.03. The third-order valence-corrected chi connectivity index (χ3v) is 4.68. The Labute approximate surface area is 141 Å². The van der Waals surface area contributed by atoms with Crippen LogP contribution >= 0.6 is 0 Å². The maximum Gasteiger partial charge on any atom is 0.234 e. The summed E-state index contributed by atoms with van der Waals surface area (Å²) in [5, 5.41) is 4.40. The highest BCUT2D eigenvalue weighted by molar-refractivity contribution is 5.99. The van der Waals surface area contributed by atoms with Gasteiger partial charge < -0.3 is 5.73 Å². The highest BCUT2D eigenvalue weighted by atomic mass is 16.2. The second kappa shape index (κ2) is 5.53. The highest BCUT2D eigenvalue weighted by Gasteiger charge is 2.44. The summed E-state index contributed by atoms with van der Waals surface area (Å²) < 4.78 is 1.72. The topological polar surface area (TPSA) is 76.5 Å². The van der Waals surface area contributed by atoms with Crippen molar-refractivity contribution < 1.29 is 4.79 Å². The molecule has 0 spiro atoms. The van der Waals surface area contributed by atoms with E-state index < -0.39 is 5.54 Å². The van der Waals surface area contributed by atoms with Crippen molar-refractivity contribution in [2.24, 2.45) is 16.6 Å². The average molecular weight is 321 g/mol. The van der Waals surface area contributed by atoms with E-state index in [-0.39, 0.29) is 17.8 Å². The summed E-state index contributed by atoms with van der Waals surface area (Å²) in [6, 6.07) is 7.53. The maximum absolute atomic E-state index is 12.4. The monoisotopic (exact) mass is 321 g/mol. The van der Waals surface area contributed by atoms with Crippen molar-refractivity contribution in [1.29, 1.82) is 0 Å². The Balaban J connectivity index is 2.04. The minimum atomic E-state index is -0.754. The van der Waals surface area contributed by atoms with Gasteiger partial charge in [0.2, 0.25) is 5.91 Å². The van der Waals surface area contributed by atoms with Gasteiger partial charge in [0.1, 0.15) is 5.54 Å². The fourth-order valence-corrected chi connectivity index (χ4v) is 2.83. The molecule has 1 aliphatic heterocycles. The smallest absolute Gasteiger partial charge is 0.234 e. The number of nitrogens with zero attached hydrogens (tertiary/aromatic N) is 4. The number of guanidine groups is 1. The number of terminal acetylenes is 1. The van der Waals surface area contributed by atoms with Crippen LogP contribution in [0.4, 0.5) is 0 Å². The van der Waals surface area contributed by atoms with Crippen molar-refractivity contribution in [2.75, 3.05) is 7.05 Å². The average Bonchev–Trinajstić information content (AvgIpc) is 3.09. The number of aliphatic imine (C=N–C) groups is 1. The molecular formula is C18H19N5O. The highest BCUT2D eigenvalue weighted by Crippen LogP contribution is 2.37. The third kappa shape index (κ3) is 2.35. The minimum absolute atomic E-state index is 0.0629. The molecule has 0 saturated carbocycles. The molecule has 0 bridgehead atoms. The summed E-state index contributed by atoms with van der Waals surface area (Å²) in [6.45, 7) is 3.75. The number of hydrogen-bond acceptors (Lipinski definition) is 4. The molecule has 0 radical (unpaired) electrons. The predicted octanol–water partition coefficient (Wildman–Crippen LogP) is 1.49. The van der Waals surface area contributed by atoms with Crippen LogP contribution < -0.4 is 5.73 Å². The molecule has 1 aromatic heterocycles. The Bertz CT molecular complexity index is 876. The molecule has 2 aromatic rings. The Morgan fingerprint density at radius 2 is 2.17 bits per heavy atom. The van der Waals surface area contributed by atoms with Crippen LogP contribution in [-0.2, 0) is 10.3 Å². The first-order valence-electron chi connectivity index (χ1n) is 7.62. The molecule has 1 amide bonds. The van der Waals surface area contributed by atoms with E-state index in [1.165, 1.54) is 4.90 Å². The van der Waals surface area contributed by atoms with Crippen LogP contribution in [0.15, 0.2) is 41.7 Å². The fourth-order valence-electron chi connectivity index (χ4n) is 2.83. The number of benzene rings is 1. The van der Waals surface area contributed by atoms with Crippen LogP contribution in [0.3, 0.4) is 0 Å². The molecule has 0 fully saturated rings. The van der Waals surface area contributed by atoms with Gasteiger partial charge in [-0.1, -0.05) is 18.9 Å². The number of amides is 1. The van der Waals surface area contributed by atoms with E-state index in [0.717, 1.165) is 16.8 Å². The van der Waals surface area contributed by atoms with Gasteiger partial charge in [-0.2, -0.15) is 5.10 Å². The number of carbonyl (C=O) groups is 1. The summed E-state index contributed by atoms with van der Waals surface area (Å²) in [7, 11) is 1.63. The van der Waals surface area contributed by atoms with Crippen LogP contribution in [0.1, 0.15) is 25.0 Å². The van der Waals surface area contributed by atoms with Crippen molar-refractivity contribution in [2.45, 2.75) is 19.4 Å². The van der Waals surface area contributed by atoms with Gasteiger partial charge in [0, 0.05) is 24.4 Å². The second-order valence-corrected chi connectivity index (χ2v) is 6.10. The first kappa shape index (κ1) is 15.8. The van der Waals surface area contributed by atoms with Crippen molar-refractivity contribution in [3.63, 3.8) is 0 Å². The van der Waals surface area contributed by atoms with Crippen molar-refractivity contribution >= 4 is 11.9 Å². The zero-order valence-electron chi connectivity index (χ0n) is 13.9. The van der Waals surface area contributed by atoms with Crippen molar-refractivity contribution in [3.05, 3.63) is 47.8 Å². The number of nitrogens with two attached hydrogens (primary N) is 1. The first-order valence-corrected chi connectivity index (χ1v) is 7.62. The fraction of sp³-hybridized carbons (Fsp3) is 0.278. The Morgan fingerprint density at radius 1 is 1.42 bits per heavy atom. The van der Waals surface area contributed by atoms with Gasteiger partial charge in [0.25, 0.3) is 0 Å². The molecule has 2 atom stereocenters. The normalized spacial score (nSPS) is 23.8. The molecule has 0 aliphatic carbocycles. The number of carbonyl (C=O) groups excluding carboxylic acids is 1. The summed E-state index contributed by atoms with van der Waals surface area (Å²) in [4.78, 5) is 18.3. The van der Waals surface area contributed by atoms with E-state index in [4.69, 9.17) is 12.2 Å². The van der Waals surface area contributed by atoms with E-state index in [9.17, 15) is 4.79 Å². The van der Waals surface area contributed by atoms with E-state index in [2.05, 4.69) is 16.0 Å². The predicted molar refractivity (Wildman–Crippen MR) is 92.4 cm³/mol.